The summed E-state index contributed by atoms with van der Waals surface area (Å²) >= 11 is 11.4. The zero-order valence-electron chi connectivity index (χ0n) is 8.05. The first-order chi connectivity index (χ1) is 8.00. The molecule has 2 N–H and O–H groups in total. The first-order valence-corrected chi connectivity index (χ1v) is 6.42. The summed E-state index contributed by atoms with van der Waals surface area (Å²) < 4.78 is 25.8. The molecular formula is C7H5Cl2N5O2S. The highest BCUT2D eigenvalue weighted by atomic mass is 35.5. The molecule has 0 atom stereocenters. The molecule has 0 spiro atoms. The Morgan fingerprint density at radius 2 is 1.88 bits per heavy atom. The Bertz CT molecular complexity index is 607. The molecular weight excluding hydrogens is 289 g/mol. The van der Waals surface area contributed by atoms with Crippen LogP contribution in [0.3, 0.4) is 0 Å². The molecule has 0 amide bonds. The van der Waals surface area contributed by atoms with Crippen LogP contribution in [0.5, 0.6) is 0 Å². The van der Waals surface area contributed by atoms with Crippen molar-refractivity contribution in [3.63, 3.8) is 0 Å². The van der Waals surface area contributed by atoms with Crippen LogP contribution >= 0.6 is 23.2 Å². The van der Waals surface area contributed by atoms with Gasteiger partial charge in [-0.05, 0) is 0 Å². The lowest BCUT2D eigenvalue weighted by atomic mass is 10.6. The van der Waals surface area contributed by atoms with Gasteiger partial charge in [-0.1, -0.05) is 23.2 Å². The van der Waals surface area contributed by atoms with Crippen molar-refractivity contribution in [3.05, 3.63) is 29.0 Å². The van der Waals surface area contributed by atoms with Crippen LogP contribution in [0.4, 0.5) is 5.69 Å². The number of rotatable bonds is 3. The number of halogens is 2. The van der Waals surface area contributed by atoms with Gasteiger partial charge < -0.3 is 0 Å². The van der Waals surface area contributed by atoms with E-state index in [4.69, 9.17) is 23.2 Å². The molecule has 10 heteroatoms. The maximum atomic E-state index is 11.8. The van der Waals surface area contributed by atoms with Crippen molar-refractivity contribution >= 4 is 38.9 Å². The van der Waals surface area contributed by atoms with Crippen molar-refractivity contribution < 1.29 is 8.42 Å². The topological polar surface area (TPSA) is 101 Å². The molecule has 2 aromatic heterocycles. The molecule has 0 aromatic carbocycles. The molecule has 0 unspecified atom stereocenters. The van der Waals surface area contributed by atoms with E-state index in [1.807, 2.05) is 0 Å². The molecule has 2 rings (SSSR count). The highest BCUT2D eigenvalue weighted by Gasteiger charge is 2.19. The summed E-state index contributed by atoms with van der Waals surface area (Å²) in [6, 6.07) is 0. The lowest BCUT2D eigenvalue weighted by Gasteiger charge is -2.07. The molecule has 0 aliphatic carbocycles. The van der Waals surface area contributed by atoms with E-state index in [0.29, 0.717) is 0 Å². The van der Waals surface area contributed by atoms with E-state index in [0.717, 1.165) is 12.5 Å². The smallest absolute Gasteiger partial charge is 0.265 e. The molecule has 0 aliphatic rings. The summed E-state index contributed by atoms with van der Waals surface area (Å²) in [6.07, 6.45) is 3.49. The number of hydrogen-bond acceptors (Lipinski definition) is 5. The SMILES string of the molecule is O=S(=O)(Nc1c(Cl)ncnc1Cl)c1cn[nH]c1. The second kappa shape index (κ2) is 4.47. The zero-order valence-corrected chi connectivity index (χ0v) is 10.4. The Balaban J connectivity index is 2.40. The van der Waals surface area contributed by atoms with E-state index >= 15 is 0 Å². The Kier molecular flexibility index (Phi) is 3.18. The van der Waals surface area contributed by atoms with Crippen LogP contribution in [0, 0.1) is 0 Å². The van der Waals surface area contributed by atoms with E-state index in [1.165, 1.54) is 6.20 Å². The van der Waals surface area contributed by atoms with Gasteiger partial charge in [0.25, 0.3) is 10.0 Å². The van der Waals surface area contributed by atoms with Gasteiger partial charge in [0.1, 0.15) is 16.9 Å². The second-order valence-corrected chi connectivity index (χ2v) is 5.27. The van der Waals surface area contributed by atoms with Crippen LogP contribution in [0.25, 0.3) is 0 Å². The summed E-state index contributed by atoms with van der Waals surface area (Å²) in [5, 5.41) is 5.75. The second-order valence-electron chi connectivity index (χ2n) is 2.87. The van der Waals surface area contributed by atoms with E-state index < -0.39 is 10.0 Å². The minimum absolute atomic E-state index is 0.0477. The van der Waals surface area contributed by atoms with Gasteiger partial charge in [-0.2, -0.15) is 5.10 Å². The average molecular weight is 294 g/mol. The Hall–Kier alpha value is -1.38. The zero-order chi connectivity index (χ0) is 12.5. The summed E-state index contributed by atoms with van der Waals surface area (Å²) in [6.45, 7) is 0. The van der Waals surface area contributed by atoms with Crippen LogP contribution in [0.2, 0.25) is 10.3 Å². The fraction of sp³-hybridized carbons (Fsp3) is 0. The van der Waals surface area contributed by atoms with Crippen molar-refractivity contribution in [2.24, 2.45) is 0 Å². The maximum absolute atomic E-state index is 11.8. The van der Waals surface area contributed by atoms with Crippen LogP contribution in [-0.2, 0) is 10.0 Å². The molecule has 0 saturated heterocycles. The summed E-state index contributed by atoms with van der Waals surface area (Å²) in [4.78, 5) is 7.20. The largest absolute Gasteiger partial charge is 0.284 e. The lowest BCUT2D eigenvalue weighted by molar-refractivity contribution is 0.601. The molecule has 0 fully saturated rings. The van der Waals surface area contributed by atoms with Gasteiger partial charge in [0.05, 0.1) is 6.20 Å². The third-order valence-corrected chi connectivity index (χ3v) is 3.66. The average Bonchev–Trinajstić information content (AvgIpc) is 2.77. The third kappa shape index (κ3) is 2.48. The number of nitrogens with zero attached hydrogens (tertiary/aromatic N) is 3. The summed E-state index contributed by atoms with van der Waals surface area (Å²) in [5.74, 6) is 0. The van der Waals surface area contributed by atoms with Gasteiger partial charge in [0.15, 0.2) is 10.3 Å². The number of aromatic nitrogens is 4. The van der Waals surface area contributed by atoms with Crippen molar-refractivity contribution in [1.82, 2.24) is 20.2 Å². The molecule has 17 heavy (non-hydrogen) atoms. The number of H-pyrrole nitrogens is 1. The van der Waals surface area contributed by atoms with Crippen molar-refractivity contribution in [1.29, 1.82) is 0 Å². The molecule has 0 aliphatic heterocycles. The molecule has 0 saturated carbocycles. The fourth-order valence-corrected chi connectivity index (χ4v) is 2.51. The van der Waals surface area contributed by atoms with Crippen LogP contribution in [-0.4, -0.2) is 28.6 Å². The fourth-order valence-electron chi connectivity index (χ4n) is 1.01. The minimum atomic E-state index is -3.81. The van der Waals surface area contributed by atoms with Crippen LogP contribution in [0.1, 0.15) is 0 Å². The van der Waals surface area contributed by atoms with Gasteiger partial charge in [-0.25, -0.2) is 18.4 Å². The molecule has 2 aromatic rings. The van der Waals surface area contributed by atoms with Gasteiger partial charge in [0, 0.05) is 6.20 Å². The minimum Gasteiger partial charge on any atom is -0.284 e. The van der Waals surface area contributed by atoms with Crippen molar-refractivity contribution in [3.8, 4) is 0 Å². The standard InChI is InChI=1S/C7H5Cl2N5O2S/c8-6-5(7(9)11-3-10-6)14-17(15,16)4-1-12-13-2-4/h1-3,14H,(H,12,13). The Morgan fingerprint density at radius 1 is 1.24 bits per heavy atom. The van der Waals surface area contributed by atoms with E-state index in [1.54, 1.807) is 0 Å². The Labute approximate surface area is 106 Å². The third-order valence-electron chi connectivity index (χ3n) is 1.77. The van der Waals surface area contributed by atoms with Crippen molar-refractivity contribution in [2.45, 2.75) is 4.90 Å². The summed E-state index contributed by atoms with van der Waals surface area (Å²) in [5.41, 5.74) is -0.0722. The predicted molar refractivity (Wildman–Crippen MR) is 61.4 cm³/mol. The molecule has 90 valence electrons. The first kappa shape index (κ1) is 12.1. The number of sulfonamides is 1. The molecule has 0 bridgehead atoms. The molecule has 0 radical (unpaired) electrons. The number of nitrogens with one attached hydrogen (secondary N) is 2. The van der Waals surface area contributed by atoms with Crippen LogP contribution < -0.4 is 4.72 Å². The van der Waals surface area contributed by atoms with Crippen LogP contribution in [0.15, 0.2) is 23.6 Å². The number of aromatic amines is 1. The van der Waals surface area contributed by atoms with Gasteiger partial charge >= 0.3 is 0 Å². The van der Waals surface area contributed by atoms with E-state index in [9.17, 15) is 8.42 Å². The number of hydrogen-bond donors (Lipinski definition) is 2. The quantitative estimate of drug-likeness (QED) is 0.831. The van der Waals surface area contributed by atoms with E-state index in [2.05, 4.69) is 24.9 Å². The predicted octanol–water partition coefficient (Wildman–Crippen LogP) is 1.31. The molecule has 7 nitrogen and oxygen atoms in total. The van der Waals surface area contributed by atoms with E-state index in [-0.39, 0.29) is 20.9 Å². The Morgan fingerprint density at radius 3 is 2.41 bits per heavy atom. The lowest BCUT2D eigenvalue weighted by Crippen LogP contribution is -2.13. The van der Waals surface area contributed by atoms with Gasteiger partial charge in [-0.3, -0.25) is 9.82 Å². The summed E-state index contributed by atoms with van der Waals surface area (Å²) in [7, 11) is -3.81. The normalized spacial score (nSPS) is 11.4. The highest BCUT2D eigenvalue weighted by Crippen LogP contribution is 2.27. The first-order valence-electron chi connectivity index (χ1n) is 4.18. The highest BCUT2D eigenvalue weighted by molar-refractivity contribution is 7.92. The molecule has 2 heterocycles. The van der Waals surface area contributed by atoms with Crippen molar-refractivity contribution in [2.75, 3.05) is 4.72 Å². The monoisotopic (exact) mass is 293 g/mol. The van der Waals surface area contributed by atoms with Gasteiger partial charge in [-0.15, -0.1) is 0 Å². The van der Waals surface area contributed by atoms with Gasteiger partial charge in [0.2, 0.25) is 0 Å². The maximum Gasteiger partial charge on any atom is 0.265 e. The number of anilines is 1.